The average molecular weight is 646 g/mol. The van der Waals surface area contributed by atoms with Crippen LogP contribution >= 0.6 is 0 Å². The van der Waals surface area contributed by atoms with E-state index >= 15 is 0 Å². The van der Waals surface area contributed by atoms with Crippen LogP contribution in [0.4, 0.5) is 4.79 Å². The second-order valence-corrected chi connectivity index (χ2v) is 19.3. The lowest BCUT2D eigenvalue weighted by Gasteiger charge is -2.71. The molecule has 5 nitrogen and oxygen atoms in total. The third-order valence-corrected chi connectivity index (χ3v) is 15.1. The van der Waals surface area contributed by atoms with Gasteiger partial charge >= 0.3 is 6.09 Å². The molecule has 260 valence electrons. The number of carbonyl (C=O) groups is 3. The molecule has 1 N–H and O–H groups in total. The fraction of sp³-hybridized carbons (Fsp3) is 0.786. The molecule has 8 atom stereocenters. The van der Waals surface area contributed by atoms with Crippen molar-refractivity contribution in [3.05, 3.63) is 34.4 Å². The maximum Gasteiger partial charge on any atom is 0.408 e. The SMILES string of the molecule is CC(=O)C1CC=C(C2=CC[C@]3(C)[C@H]4CC[C@@H]5C6=C(C(C)C)C(=O)C[C@]6(NC(=O)OC(C)(C)C)CC[C@@]5(C)[C@]4(C)CC[C@H]3C2(C)C)CC1. The summed E-state index contributed by atoms with van der Waals surface area (Å²) in [4.78, 5) is 39.3. The first-order valence-corrected chi connectivity index (χ1v) is 18.9. The highest BCUT2D eigenvalue weighted by atomic mass is 16.6. The van der Waals surface area contributed by atoms with Gasteiger partial charge in [-0.2, -0.15) is 0 Å². The Hall–Kier alpha value is -2.17. The van der Waals surface area contributed by atoms with Crippen molar-refractivity contribution in [2.45, 2.75) is 158 Å². The second-order valence-electron chi connectivity index (χ2n) is 19.3. The van der Waals surface area contributed by atoms with Gasteiger partial charge in [-0.1, -0.05) is 60.6 Å². The predicted molar refractivity (Wildman–Crippen MR) is 189 cm³/mol. The molecule has 6 aliphatic rings. The lowest BCUT2D eigenvalue weighted by atomic mass is 9.33. The topological polar surface area (TPSA) is 72.5 Å². The van der Waals surface area contributed by atoms with Crippen molar-refractivity contribution in [1.82, 2.24) is 5.32 Å². The van der Waals surface area contributed by atoms with E-state index in [-0.39, 0.29) is 45.2 Å². The summed E-state index contributed by atoms with van der Waals surface area (Å²) >= 11 is 0. The minimum atomic E-state index is -0.632. The Bertz CT molecular complexity index is 1450. The molecule has 0 aliphatic heterocycles. The number of carbonyl (C=O) groups excluding carboxylic acids is 3. The van der Waals surface area contributed by atoms with E-state index in [2.05, 4.69) is 65.9 Å². The molecule has 0 aromatic rings. The number of ether oxygens (including phenoxy) is 1. The van der Waals surface area contributed by atoms with E-state index in [0.717, 1.165) is 56.9 Å². The van der Waals surface area contributed by atoms with Gasteiger partial charge in [0.15, 0.2) is 5.78 Å². The summed E-state index contributed by atoms with van der Waals surface area (Å²) in [5.74, 6) is 2.36. The molecule has 47 heavy (non-hydrogen) atoms. The van der Waals surface area contributed by atoms with Crippen LogP contribution in [-0.4, -0.2) is 28.8 Å². The summed E-state index contributed by atoms with van der Waals surface area (Å²) in [5.41, 5.74) is 4.54. The zero-order chi connectivity index (χ0) is 34.5. The van der Waals surface area contributed by atoms with E-state index in [4.69, 9.17) is 4.74 Å². The number of rotatable bonds is 4. The lowest BCUT2D eigenvalue weighted by Crippen LogP contribution is -2.66. The number of Topliss-reactive ketones (excluding diaryl/α,β-unsaturated/α-hetero) is 2. The molecule has 1 unspecified atom stereocenters. The minimum absolute atomic E-state index is 0.0465. The number of ketones is 2. The molecule has 3 fully saturated rings. The van der Waals surface area contributed by atoms with Crippen LogP contribution in [-0.2, 0) is 14.3 Å². The molecule has 0 aromatic carbocycles. The Morgan fingerprint density at radius 1 is 0.915 bits per heavy atom. The van der Waals surface area contributed by atoms with Crippen LogP contribution in [0.3, 0.4) is 0 Å². The van der Waals surface area contributed by atoms with Crippen LogP contribution < -0.4 is 5.32 Å². The number of allylic oxidation sites excluding steroid dienone is 5. The zero-order valence-corrected chi connectivity index (χ0v) is 31.5. The van der Waals surface area contributed by atoms with Crippen molar-refractivity contribution in [3.63, 3.8) is 0 Å². The first kappa shape index (κ1) is 34.7. The first-order valence-electron chi connectivity index (χ1n) is 18.9. The fourth-order valence-electron chi connectivity index (χ4n) is 12.9. The zero-order valence-electron chi connectivity index (χ0n) is 31.5. The molecule has 6 aliphatic carbocycles. The average Bonchev–Trinajstić information content (AvgIpc) is 3.23. The van der Waals surface area contributed by atoms with Gasteiger partial charge in [0.2, 0.25) is 0 Å². The maximum absolute atomic E-state index is 13.8. The van der Waals surface area contributed by atoms with Crippen molar-refractivity contribution in [3.8, 4) is 0 Å². The van der Waals surface area contributed by atoms with Gasteiger partial charge in [-0.3, -0.25) is 9.59 Å². The fourth-order valence-corrected chi connectivity index (χ4v) is 12.9. The molecule has 0 aromatic heterocycles. The van der Waals surface area contributed by atoms with Gasteiger partial charge in [0.1, 0.15) is 11.4 Å². The summed E-state index contributed by atoms with van der Waals surface area (Å²) in [6.45, 7) is 24.6. The minimum Gasteiger partial charge on any atom is -0.444 e. The number of hydrogen-bond acceptors (Lipinski definition) is 4. The van der Waals surface area contributed by atoms with E-state index in [9.17, 15) is 14.4 Å². The molecule has 1 amide bonds. The van der Waals surface area contributed by atoms with Gasteiger partial charge in [-0.05, 0) is 160 Å². The number of nitrogens with one attached hydrogen (secondary N) is 1. The Balaban J connectivity index is 1.35. The molecular formula is C42H63NO4. The van der Waals surface area contributed by atoms with Gasteiger partial charge in [0, 0.05) is 12.3 Å². The van der Waals surface area contributed by atoms with E-state index in [1.807, 2.05) is 20.8 Å². The van der Waals surface area contributed by atoms with Crippen LogP contribution in [0.15, 0.2) is 34.4 Å². The molecule has 6 rings (SSSR count). The summed E-state index contributed by atoms with van der Waals surface area (Å²) < 4.78 is 5.79. The molecule has 0 saturated heterocycles. The normalized spacial score (nSPS) is 41.2. The number of hydrogen-bond donors (Lipinski definition) is 1. The summed E-state index contributed by atoms with van der Waals surface area (Å²) in [5, 5.41) is 3.34. The van der Waals surface area contributed by atoms with E-state index in [1.165, 1.54) is 24.0 Å². The van der Waals surface area contributed by atoms with E-state index in [0.29, 0.717) is 24.0 Å². The Morgan fingerprint density at radius 3 is 2.21 bits per heavy atom. The smallest absolute Gasteiger partial charge is 0.408 e. The molecule has 0 bridgehead atoms. The highest BCUT2D eigenvalue weighted by Gasteiger charge is 2.69. The van der Waals surface area contributed by atoms with Crippen molar-refractivity contribution < 1.29 is 19.1 Å². The van der Waals surface area contributed by atoms with E-state index < -0.39 is 17.2 Å². The van der Waals surface area contributed by atoms with Crippen LogP contribution in [0, 0.1) is 51.2 Å². The van der Waals surface area contributed by atoms with Crippen LogP contribution in [0.5, 0.6) is 0 Å². The van der Waals surface area contributed by atoms with E-state index in [1.54, 1.807) is 12.5 Å². The number of alkyl carbamates (subject to hydrolysis) is 1. The lowest BCUT2D eigenvalue weighted by molar-refractivity contribution is -0.196. The molecular weight excluding hydrogens is 582 g/mol. The highest BCUT2D eigenvalue weighted by molar-refractivity contribution is 6.02. The Morgan fingerprint density at radius 2 is 1.62 bits per heavy atom. The number of fused-ring (bicyclic) bond motifs is 7. The van der Waals surface area contributed by atoms with Gasteiger partial charge < -0.3 is 10.1 Å². The third-order valence-electron chi connectivity index (χ3n) is 15.1. The highest BCUT2D eigenvalue weighted by Crippen LogP contribution is 2.76. The van der Waals surface area contributed by atoms with Gasteiger partial charge in [-0.15, -0.1) is 0 Å². The van der Waals surface area contributed by atoms with Gasteiger partial charge in [0.05, 0.1) is 5.54 Å². The molecule has 3 saturated carbocycles. The van der Waals surface area contributed by atoms with Gasteiger partial charge in [-0.25, -0.2) is 4.79 Å². The second kappa shape index (κ2) is 11.2. The van der Waals surface area contributed by atoms with Crippen molar-refractivity contribution in [1.29, 1.82) is 0 Å². The summed E-state index contributed by atoms with van der Waals surface area (Å²) in [7, 11) is 0. The maximum atomic E-state index is 13.8. The van der Waals surface area contributed by atoms with Crippen LogP contribution in [0.25, 0.3) is 0 Å². The largest absolute Gasteiger partial charge is 0.444 e. The summed E-state index contributed by atoms with van der Waals surface area (Å²) in [6, 6.07) is 0. The van der Waals surface area contributed by atoms with Gasteiger partial charge in [0.25, 0.3) is 0 Å². The number of amides is 1. The van der Waals surface area contributed by atoms with Crippen molar-refractivity contribution >= 4 is 17.7 Å². The van der Waals surface area contributed by atoms with Crippen molar-refractivity contribution in [2.24, 2.45) is 51.2 Å². The third kappa shape index (κ3) is 5.17. The molecule has 5 heteroatoms. The monoisotopic (exact) mass is 645 g/mol. The summed E-state index contributed by atoms with van der Waals surface area (Å²) in [6.07, 6.45) is 15.5. The van der Waals surface area contributed by atoms with Crippen LogP contribution in [0.2, 0.25) is 0 Å². The standard InChI is InChI=1S/C42H63NO4/c1-25(2)34-31(45)24-42(43-36(46)47-37(4,5)6)23-22-40(10)30(35(34)42)16-17-33-39(9)20-18-29(28-14-12-27(13-15-28)26(3)44)38(7,8)32(39)19-21-41(33,40)11/h14,18,25,27,30,32-33H,12-13,15-17,19-24H2,1-11H3,(H,43,46)/t27?,30-,32+,33-,39+,40-,41-,42-/m1/s1. The van der Waals surface area contributed by atoms with Crippen LogP contribution in [0.1, 0.15) is 147 Å². The molecule has 0 radical (unpaired) electrons. The predicted octanol–water partition coefficient (Wildman–Crippen LogP) is 10.1. The van der Waals surface area contributed by atoms with Crippen molar-refractivity contribution in [2.75, 3.05) is 0 Å². The molecule has 0 spiro atoms. The Labute approximate surface area is 285 Å². The first-order chi connectivity index (χ1) is 21.7. The quantitative estimate of drug-likeness (QED) is 0.330. The molecule has 0 heterocycles. The Kier molecular flexibility index (Phi) is 8.25.